The third-order valence-electron chi connectivity index (χ3n) is 6.81. The van der Waals surface area contributed by atoms with Crippen LogP contribution in [0.1, 0.15) is 73.6 Å². The van der Waals surface area contributed by atoms with Crippen molar-refractivity contribution in [1.29, 1.82) is 0 Å². The number of aromatic nitrogens is 2. The maximum Gasteiger partial charge on any atom is 0.356 e. The largest absolute Gasteiger partial charge is 0.476 e. The minimum absolute atomic E-state index is 0.0202. The number of sulfonamides is 2. The lowest BCUT2D eigenvalue weighted by molar-refractivity contribution is 0.0691. The molecule has 276 valence electrons. The first-order chi connectivity index (χ1) is 23.5. The second kappa shape index (κ2) is 17.2. The Morgan fingerprint density at radius 3 is 1.31 bits per heavy atom. The number of amides is 1. The van der Waals surface area contributed by atoms with Crippen molar-refractivity contribution in [3.8, 4) is 0 Å². The molecule has 0 radical (unpaired) electrons. The number of nitrogens with zero attached hydrogens (tertiary/aromatic N) is 2. The normalized spacial score (nSPS) is 11.6. The highest BCUT2D eigenvalue weighted by Gasteiger charge is 2.23. The Kier molecular flexibility index (Phi) is 14.5. The van der Waals surface area contributed by atoms with Gasteiger partial charge in [0.05, 0.1) is 31.2 Å². The second-order valence-corrected chi connectivity index (χ2v) is 16.9. The van der Waals surface area contributed by atoms with Crippen LogP contribution in [0, 0.1) is 0 Å². The number of anilines is 2. The smallest absolute Gasteiger partial charge is 0.356 e. The molecule has 0 fully saturated rings. The molecule has 1 amide bonds. The highest BCUT2D eigenvalue weighted by Crippen LogP contribution is 2.27. The lowest BCUT2D eigenvalue weighted by Crippen LogP contribution is -2.31. The van der Waals surface area contributed by atoms with Gasteiger partial charge in [0.1, 0.15) is 0 Å². The summed E-state index contributed by atoms with van der Waals surface area (Å²) < 4.78 is 54.7. The van der Waals surface area contributed by atoms with Crippen molar-refractivity contribution < 1.29 is 31.5 Å². The first-order valence-corrected chi connectivity index (χ1v) is 18.4. The molecule has 0 unspecified atom stereocenters. The summed E-state index contributed by atoms with van der Waals surface area (Å²) in [5.41, 5.74) is 2.84. The lowest BCUT2D eigenvalue weighted by Gasteiger charge is -2.19. The molecule has 10 N–H and O–H groups in total. The number of aromatic carboxylic acids is 1. The summed E-state index contributed by atoms with van der Waals surface area (Å²) in [6, 6.07) is 15.4. The van der Waals surface area contributed by atoms with E-state index >= 15 is 0 Å². The van der Waals surface area contributed by atoms with Crippen molar-refractivity contribution >= 4 is 66.5 Å². The van der Waals surface area contributed by atoms with Gasteiger partial charge in [0.25, 0.3) is 26.0 Å². The highest BCUT2D eigenvalue weighted by molar-refractivity contribution is 7.93. The number of carbonyl (C=O) groups excluding carboxylic acids is 1. The number of nitrogens with one attached hydrogen (secondary N) is 3. The number of hydrogen-bond acceptors (Lipinski definition) is 11. The van der Waals surface area contributed by atoms with E-state index in [1.807, 2.05) is 47.0 Å². The Hall–Kier alpha value is -4.36. The number of nitrogens with two attached hydrogens (primary N) is 3. The van der Waals surface area contributed by atoms with Crippen molar-refractivity contribution in [2.45, 2.75) is 62.2 Å². The molecule has 4 aromatic rings. The molecule has 51 heavy (non-hydrogen) atoms. The average molecular weight is 784 g/mol. The Bertz CT molecular complexity index is 2070. The maximum atomic E-state index is 12.6. The number of pyridine rings is 2. The number of rotatable bonds is 8. The highest BCUT2D eigenvalue weighted by atomic mass is 35.5. The van der Waals surface area contributed by atoms with Crippen molar-refractivity contribution in [1.82, 2.24) is 15.4 Å². The van der Waals surface area contributed by atoms with Crippen LogP contribution in [0.25, 0.3) is 0 Å². The van der Waals surface area contributed by atoms with E-state index in [2.05, 4.69) is 31.1 Å². The van der Waals surface area contributed by atoms with Crippen molar-refractivity contribution in [3.63, 3.8) is 0 Å². The summed E-state index contributed by atoms with van der Waals surface area (Å²) in [5, 5.41) is 9.41. The van der Waals surface area contributed by atoms with E-state index in [4.69, 9.17) is 34.2 Å². The van der Waals surface area contributed by atoms with Crippen molar-refractivity contribution in [2.24, 2.45) is 17.5 Å². The van der Waals surface area contributed by atoms with Crippen LogP contribution in [0.3, 0.4) is 0 Å². The predicted octanol–water partition coefficient (Wildman–Crippen LogP) is 4.79. The number of carboxylic acid groups (broad SMARTS) is 1. The van der Waals surface area contributed by atoms with Gasteiger partial charge in [-0.05, 0) is 58.4 Å². The van der Waals surface area contributed by atoms with Crippen LogP contribution in [-0.4, -0.2) is 43.8 Å². The Labute approximate surface area is 307 Å². The van der Waals surface area contributed by atoms with Gasteiger partial charge >= 0.3 is 5.97 Å². The van der Waals surface area contributed by atoms with Gasteiger partial charge in [-0.25, -0.2) is 37.4 Å². The summed E-state index contributed by atoms with van der Waals surface area (Å²) >= 11 is 11.6. The molecule has 0 aliphatic rings. The van der Waals surface area contributed by atoms with Gasteiger partial charge in [-0.15, -0.1) is 0 Å². The first-order valence-electron chi connectivity index (χ1n) is 14.7. The van der Waals surface area contributed by atoms with Crippen LogP contribution in [0.5, 0.6) is 0 Å². The fourth-order valence-electron chi connectivity index (χ4n) is 4.13. The summed E-state index contributed by atoms with van der Waals surface area (Å²) in [6.45, 7) is 12.2. The van der Waals surface area contributed by atoms with Gasteiger partial charge in [-0.2, -0.15) is 0 Å². The predicted molar refractivity (Wildman–Crippen MR) is 197 cm³/mol. The summed E-state index contributed by atoms with van der Waals surface area (Å²) in [7, 11) is -7.89. The number of hydrogen-bond donors (Lipinski definition) is 7. The molecule has 4 rings (SSSR count). The third kappa shape index (κ3) is 11.9. The van der Waals surface area contributed by atoms with Gasteiger partial charge in [-0.1, -0.05) is 89.0 Å². The number of hydrazine groups is 2. The van der Waals surface area contributed by atoms with Gasteiger partial charge in [-0.3, -0.25) is 31.3 Å². The molecule has 0 aliphatic carbocycles. The van der Waals surface area contributed by atoms with Gasteiger partial charge in [0.2, 0.25) is 0 Å². The van der Waals surface area contributed by atoms with Crippen LogP contribution < -0.4 is 32.4 Å². The van der Waals surface area contributed by atoms with E-state index in [0.29, 0.717) is 0 Å². The van der Waals surface area contributed by atoms with Crippen molar-refractivity contribution in [3.05, 3.63) is 106 Å². The number of carbonyl (C=O) groups is 2. The van der Waals surface area contributed by atoms with Crippen molar-refractivity contribution in [2.75, 3.05) is 9.44 Å². The topological polar surface area (TPSA) is 263 Å². The first kappa shape index (κ1) is 42.8. The molecule has 2 aromatic heterocycles. The standard InChI is InChI=1S/C16H19ClN4O3S.C16H17ClN2O4S.H4N2/c1-16(2,3)10-4-6-12(7-5-10)25(23,24)21-13-8-11(17)9-19-14(13)15(22)20-18;1-16(2,3)10-4-6-12(7-5-10)24(22,23)19-13-8-11(17)9-18-14(13)15(20)21;1-2/h4-9,21H,18H2,1-3H3,(H,20,22);4-9,19H,1-3H3,(H,20,21);1-2H2. The fourth-order valence-corrected chi connectivity index (χ4v) is 6.56. The van der Waals surface area contributed by atoms with E-state index in [9.17, 15) is 26.4 Å². The Morgan fingerprint density at radius 2 is 1.00 bits per heavy atom. The molecule has 0 spiro atoms. The summed E-state index contributed by atoms with van der Waals surface area (Å²) in [5.74, 6) is 11.0. The molecule has 0 aliphatic heterocycles. The minimum Gasteiger partial charge on any atom is -0.476 e. The molecular weight excluding hydrogens is 743 g/mol. The van der Waals surface area contributed by atoms with Gasteiger partial charge < -0.3 is 5.11 Å². The van der Waals surface area contributed by atoms with Gasteiger partial charge in [0.15, 0.2) is 11.4 Å². The molecule has 15 nitrogen and oxygen atoms in total. The SMILES string of the molecule is CC(C)(C)c1ccc(S(=O)(=O)Nc2cc(Cl)cnc2C(=O)NN)cc1.CC(C)(C)c1ccc(S(=O)(=O)Nc2cc(Cl)cnc2C(=O)O)cc1.NN. The number of carboxylic acids is 1. The zero-order chi connectivity index (χ0) is 38.9. The van der Waals surface area contributed by atoms with E-state index < -0.39 is 37.6 Å². The van der Waals surface area contributed by atoms with Gasteiger partial charge in [0, 0.05) is 12.4 Å². The van der Waals surface area contributed by atoms with Crippen LogP contribution in [0.15, 0.2) is 82.8 Å². The van der Waals surface area contributed by atoms with E-state index in [-0.39, 0.29) is 47.7 Å². The van der Waals surface area contributed by atoms with Crippen LogP contribution in [-0.2, 0) is 30.9 Å². The molecule has 0 saturated heterocycles. The zero-order valence-corrected chi connectivity index (χ0v) is 31.7. The van der Waals surface area contributed by atoms with E-state index in [1.165, 1.54) is 42.6 Å². The van der Waals surface area contributed by atoms with Crippen LogP contribution in [0.2, 0.25) is 10.0 Å². The number of nitrogen functional groups attached to an aromatic ring is 1. The molecule has 2 heterocycles. The number of halogens is 2. The number of benzene rings is 2. The molecule has 0 atom stereocenters. The van der Waals surface area contributed by atoms with E-state index in [0.717, 1.165) is 17.3 Å². The zero-order valence-electron chi connectivity index (χ0n) is 28.5. The minimum atomic E-state index is -3.96. The van der Waals surface area contributed by atoms with Crippen LogP contribution >= 0.6 is 23.2 Å². The quantitative estimate of drug-likeness (QED) is 0.0723. The Morgan fingerprint density at radius 1 is 0.667 bits per heavy atom. The molecular formula is C32H40Cl2N8O7S2. The van der Waals surface area contributed by atoms with E-state index in [1.54, 1.807) is 24.3 Å². The third-order valence-corrected chi connectivity index (χ3v) is 9.98. The average Bonchev–Trinajstić information content (AvgIpc) is 3.04. The molecule has 2 aromatic carbocycles. The fraction of sp³-hybridized carbons (Fsp3) is 0.250. The molecule has 0 bridgehead atoms. The lowest BCUT2D eigenvalue weighted by atomic mass is 9.87. The molecule has 0 saturated carbocycles. The maximum absolute atomic E-state index is 12.6. The summed E-state index contributed by atoms with van der Waals surface area (Å²) in [4.78, 5) is 30.5. The second-order valence-electron chi connectivity index (χ2n) is 12.6. The Balaban J connectivity index is 0.000000337. The van der Waals surface area contributed by atoms with Crippen LogP contribution in [0.4, 0.5) is 11.4 Å². The monoisotopic (exact) mass is 782 g/mol. The molecule has 19 heteroatoms. The summed E-state index contributed by atoms with van der Waals surface area (Å²) in [6.07, 6.45) is 2.36.